The molecule has 11 heteroatoms. The Morgan fingerprint density at radius 2 is 1.83 bits per heavy atom. The van der Waals surface area contributed by atoms with Crippen molar-refractivity contribution in [2.75, 3.05) is 38.9 Å². The molecule has 4 aromatic heterocycles. The first-order valence-corrected chi connectivity index (χ1v) is 19.6. The van der Waals surface area contributed by atoms with Crippen molar-refractivity contribution in [3.63, 3.8) is 0 Å². The average Bonchev–Trinajstić information content (AvgIpc) is 3.68. The minimum absolute atomic E-state index is 0.105. The van der Waals surface area contributed by atoms with E-state index in [-0.39, 0.29) is 5.41 Å². The van der Waals surface area contributed by atoms with E-state index in [2.05, 4.69) is 84.9 Å². The minimum atomic E-state index is -1.20. The highest BCUT2D eigenvalue weighted by Crippen LogP contribution is 2.38. The Bertz CT molecular complexity index is 1470. The van der Waals surface area contributed by atoms with Gasteiger partial charge in [0.25, 0.3) is 0 Å². The number of hydrogen-bond acceptors (Lipinski definition) is 9. The zero-order valence-corrected chi connectivity index (χ0v) is 28.1. The molecular formula is C31H46N8OSSi. The van der Waals surface area contributed by atoms with Gasteiger partial charge in [0.2, 0.25) is 5.13 Å². The first kappa shape index (κ1) is 30.7. The fraction of sp³-hybridized carbons (Fsp3) is 0.581. The zero-order valence-electron chi connectivity index (χ0n) is 26.3. The molecule has 0 spiro atoms. The number of ether oxygens (including phenoxy) is 1. The van der Waals surface area contributed by atoms with Crippen molar-refractivity contribution in [2.45, 2.75) is 77.7 Å². The molecule has 0 amide bonds. The van der Waals surface area contributed by atoms with Crippen LogP contribution in [0.25, 0.3) is 22.2 Å². The first-order chi connectivity index (χ1) is 20.0. The van der Waals surface area contributed by atoms with Gasteiger partial charge in [-0.25, -0.2) is 4.98 Å². The maximum absolute atomic E-state index is 6.22. The fourth-order valence-corrected chi connectivity index (χ4v) is 7.44. The molecule has 1 aliphatic carbocycles. The molecule has 0 N–H and O–H groups in total. The monoisotopic (exact) mass is 606 g/mol. The Labute approximate surface area is 255 Å². The topological polar surface area (TPSA) is 85.1 Å². The summed E-state index contributed by atoms with van der Waals surface area (Å²) in [7, 11) is 3.02. The minimum Gasteiger partial charge on any atom is -0.361 e. The molecular weight excluding hydrogens is 561 g/mol. The molecule has 226 valence electrons. The summed E-state index contributed by atoms with van der Waals surface area (Å²) in [6.45, 7) is 14.6. The van der Waals surface area contributed by atoms with Gasteiger partial charge in [0.1, 0.15) is 17.6 Å². The lowest BCUT2D eigenvalue weighted by atomic mass is 9.93. The summed E-state index contributed by atoms with van der Waals surface area (Å²) >= 11 is 1.68. The van der Waals surface area contributed by atoms with E-state index in [0.717, 1.165) is 63.9 Å². The molecule has 0 atom stereocenters. The molecule has 0 radical (unpaired) electrons. The number of anilines is 2. The molecule has 9 nitrogen and oxygen atoms in total. The number of aromatic nitrogens is 6. The quantitative estimate of drug-likeness (QED) is 0.0910. The number of pyridine rings is 2. The van der Waals surface area contributed by atoms with Crippen LogP contribution in [0.4, 0.5) is 10.9 Å². The van der Waals surface area contributed by atoms with Gasteiger partial charge in [0.15, 0.2) is 0 Å². The van der Waals surface area contributed by atoms with Crippen molar-refractivity contribution in [3.8, 4) is 11.1 Å². The summed E-state index contributed by atoms with van der Waals surface area (Å²) in [5, 5.41) is 15.8. The maximum Gasteiger partial charge on any atom is 0.215 e. The lowest BCUT2D eigenvalue weighted by molar-refractivity contribution is 0.153. The van der Waals surface area contributed by atoms with Crippen molar-refractivity contribution in [2.24, 2.45) is 5.41 Å². The summed E-state index contributed by atoms with van der Waals surface area (Å²) in [4.78, 5) is 14.1. The maximum atomic E-state index is 6.22. The summed E-state index contributed by atoms with van der Waals surface area (Å²) in [6.07, 6.45) is 10.9. The Hall–Kier alpha value is -2.73. The fourth-order valence-electron chi connectivity index (χ4n) is 5.67. The molecule has 4 aromatic rings. The van der Waals surface area contributed by atoms with Crippen LogP contribution < -0.4 is 4.90 Å². The average molecular weight is 607 g/mol. The second-order valence-electron chi connectivity index (χ2n) is 13.9. The number of hydrogen-bond donors (Lipinski definition) is 0. The first-order valence-electron chi connectivity index (χ1n) is 15.1. The molecule has 0 aromatic carbocycles. The highest BCUT2D eigenvalue weighted by molar-refractivity contribution is 7.15. The van der Waals surface area contributed by atoms with E-state index in [4.69, 9.17) is 14.7 Å². The van der Waals surface area contributed by atoms with Crippen LogP contribution in [-0.4, -0.2) is 76.9 Å². The second-order valence-corrected chi connectivity index (χ2v) is 20.5. The van der Waals surface area contributed by atoms with Gasteiger partial charge >= 0.3 is 0 Å². The van der Waals surface area contributed by atoms with Crippen LogP contribution in [0, 0.1) is 5.41 Å². The molecule has 1 aliphatic rings. The molecule has 0 unspecified atom stereocenters. The normalized spacial score (nSPS) is 14.9. The van der Waals surface area contributed by atoms with Crippen molar-refractivity contribution < 1.29 is 4.74 Å². The number of nitrogens with zero attached hydrogens (tertiary/aromatic N) is 8. The third-order valence-corrected chi connectivity index (χ3v) is 10.5. The van der Waals surface area contributed by atoms with Crippen molar-refractivity contribution in [3.05, 3.63) is 41.8 Å². The molecule has 1 saturated carbocycles. The molecule has 4 heterocycles. The van der Waals surface area contributed by atoms with Gasteiger partial charge in [-0.05, 0) is 56.6 Å². The molecule has 0 aliphatic heterocycles. The van der Waals surface area contributed by atoms with E-state index >= 15 is 0 Å². The van der Waals surface area contributed by atoms with Gasteiger partial charge in [-0.15, -0.1) is 10.2 Å². The third-order valence-electron chi connectivity index (χ3n) is 7.68. The van der Waals surface area contributed by atoms with Crippen LogP contribution in [0.2, 0.25) is 25.7 Å². The highest BCUT2D eigenvalue weighted by atomic mass is 32.1. The SMILES string of the molecule is CN(C)CC(C)(C)Cn1cc(-c2cnc3ccc(N(COCC[Si](C)(C)C)c4nnc(C5CCCC5)s4)nc3c2)cn1. The number of fused-ring (bicyclic) bond motifs is 1. The Balaban J connectivity index is 1.40. The summed E-state index contributed by atoms with van der Waals surface area (Å²) < 4.78 is 8.25. The molecule has 0 bridgehead atoms. The number of rotatable bonds is 13. The van der Waals surface area contributed by atoms with Gasteiger partial charge in [-0.2, -0.15) is 5.10 Å². The Morgan fingerprint density at radius 1 is 1.05 bits per heavy atom. The summed E-state index contributed by atoms with van der Waals surface area (Å²) in [5.74, 6) is 1.32. The van der Waals surface area contributed by atoms with E-state index in [1.54, 1.807) is 11.3 Å². The predicted molar refractivity (Wildman–Crippen MR) is 175 cm³/mol. The van der Waals surface area contributed by atoms with Crippen molar-refractivity contribution in [1.29, 1.82) is 0 Å². The van der Waals surface area contributed by atoms with E-state index in [1.807, 2.05) is 29.2 Å². The van der Waals surface area contributed by atoms with Gasteiger partial charge < -0.3 is 9.64 Å². The van der Waals surface area contributed by atoms with Gasteiger partial charge in [0, 0.05) is 57.2 Å². The van der Waals surface area contributed by atoms with Crippen LogP contribution in [-0.2, 0) is 11.3 Å². The van der Waals surface area contributed by atoms with E-state index in [1.165, 1.54) is 25.7 Å². The van der Waals surface area contributed by atoms with Crippen LogP contribution in [0.1, 0.15) is 50.5 Å². The Morgan fingerprint density at radius 3 is 2.57 bits per heavy atom. The predicted octanol–water partition coefficient (Wildman–Crippen LogP) is 7.04. The zero-order chi connectivity index (χ0) is 29.9. The summed E-state index contributed by atoms with van der Waals surface area (Å²) in [6, 6.07) is 7.26. The molecule has 1 fully saturated rings. The van der Waals surface area contributed by atoms with E-state index in [9.17, 15) is 0 Å². The van der Waals surface area contributed by atoms with Gasteiger partial charge in [-0.1, -0.05) is 57.7 Å². The van der Waals surface area contributed by atoms with Crippen LogP contribution in [0.15, 0.2) is 36.8 Å². The molecule has 42 heavy (non-hydrogen) atoms. The van der Waals surface area contributed by atoms with Gasteiger partial charge in [0.05, 0.1) is 17.2 Å². The van der Waals surface area contributed by atoms with Crippen molar-refractivity contribution in [1.82, 2.24) is 34.8 Å². The van der Waals surface area contributed by atoms with Gasteiger partial charge in [-0.3, -0.25) is 14.6 Å². The second kappa shape index (κ2) is 12.9. The largest absolute Gasteiger partial charge is 0.361 e. The molecule has 0 saturated heterocycles. The smallest absolute Gasteiger partial charge is 0.215 e. The van der Waals surface area contributed by atoms with Crippen molar-refractivity contribution >= 4 is 41.4 Å². The lowest BCUT2D eigenvalue weighted by Gasteiger charge is -2.28. The van der Waals surface area contributed by atoms with E-state index < -0.39 is 8.07 Å². The van der Waals surface area contributed by atoms with Crippen LogP contribution in [0.3, 0.4) is 0 Å². The Kier molecular flexibility index (Phi) is 9.41. The van der Waals surface area contributed by atoms with E-state index in [0.29, 0.717) is 12.6 Å². The standard InChI is InChI=1S/C31H46N8OSSi/c1-31(2,20-37(3)4)21-38-19-25(18-33-38)24-16-27-26(32-17-24)12-13-28(34-27)39(22-40-14-15-42(5,6)7)30-36-35-29(41-30)23-10-8-9-11-23/h12-13,16-19,23H,8-11,14-15,20-22H2,1-7H3. The third kappa shape index (κ3) is 8.00. The van der Waals surface area contributed by atoms with Crippen LogP contribution in [0.5, 0.6) is 0 Å². The highest BCUT2D eigenvalue weighted by Gasteiger charge is 2.25. The van der Waals surface area contributed by atoms with Crippen LogP contribution >= 0.6 is 11.3 Å². The molecule has 5 rings (SSSR count). The lowest BCUT2D eigenvalue weighted by Crippen LogP contribution is -2.32. The summed E-state index contributed by atoms with van der Waals surface area (Å²) in [5.41, 5.74) is 3.83.